The third-order valence-corrected chi connectivity index (χ3v) is 2.88. The summed E-state index contributed by atoms with van der Waals surface area (Å²) >= 11 is 1.85. The molecular weight excluding hydrogens is 168 g/mol. The number of nitrogens with zero attached hydrogens (tertiary/aromatic N) is 1. The molecule has 1 aromatic heterocycles. The Morgan fingerprint density at radius 2 is 2.50 bits per heavy atom. The molecule has 0 bridgehead atoms. The maximum atomic E-state index is 4.35. The summed E-state index contributed by atoms with van der Waals surface area (Å²) in [4.78, 5) is 7.13. The number of nitrogens with one attached hydrogen (secondary N) is 1. The molecule has 1 aliphatic heterocycles. The molecule has 0 saturated heterocycles. The number of aliphatic imine (C=N–C) groups is 1. The fraction of sp³-hybridized carbons (Fsp3) is 0.444. The van der Waals surface area contributed by atoms with Crippen molar-refractivity contribution < 1.29 is 0 Å². The van der Waals surface area contributed by atoms with Crippen LogP contribution in [-0.2, 0) is 6.42 Å². The van der Waals surface area contributed by atoms with Crippen molar-refractivity contribution in [1.29, 1.82) is 0 Å². The Kier molecular flexibility index (Phi) is 2.13. The Labute approximate surface area is 76.3 Å². The highest BCUT2D eigenvalue weighted by atomic mass is 32.1. The summed E-state index contributed by atoms with van der Waals surface area (Å²) in [5.74, 6) is 1.15. The van der Waals surface area contributed by atoms with Gasteiger partial charge in [0, 0.05) is 22.7 Å². The number of aryl methyl sites for hydroxylation is 1. The molecule has 0 spiro atoms. The first kappa shape index (κ1) is 7.80. The summed E-state index contributed by atoms with van der Waals surface area (Å²) in [5.41, 5.74) is 0. The van der Waals surface area contributed by atoms with Crippen molar-refractivity contribution in [3.63, 3.8) is 0 Å². The molecule has 2 nitrogen and oxygen atoms in total. The second-order valence-electron chi connectivity index (χ2n) is 2.94. The van der Waals surface area contributed by atoms with Crippen molar-refractivity contribution in [2.45, 2.75) is 13.3 Å². The molecule has 1 aliphatic rings. The maximum absolute atomic E-state index is 4.35. The lowest BCUT2D eigenvalue weighted by molar-refractivity contribution is 0.954. The molecule has 0 unspecified atom stereocenters. The Morgan fingerprint density at radius 3 is 3.08 bits per heavy atom. The van der Waals surface area contributed by atoms with Crippen molar-refractivity contribution in [2.75, 3.05) is 13.1 Å². The monoisotopic (exact) mass is 180 g/mol. The number of hydrogen-bond acceptors (Lipinski definition) is 3. The molecule has 1 aromatic rings. The van der Waals surface area contributed by atoms with E-state index in [2.05, 4.69) is 29.4 Å². The van der Waals surface area contributed by atoms with Crippen LogP contribution in [0.15, 0.2) is 17.1 Å². The smallest absolute Gasteiger partial charge is 0.102 e. The van der Waals surface area contributed by atoms with Crippen LogP contribution in [0.1, 0.15) is 9.75 Å². The van der Waals surface area contributed by atoms with Crippen molar-refractivity contribution in [2.24, 2.45) is 4.99 Å². The molecule has 64 valence electrons. The van der Waals surface area contributed by atoms with E-state index in [-0.39, 0.29) is 0 Å². The Bertz CT molecular complexity index is 301. The predicted molar refractivity (Wildman–Crippen MR) is 53.1 cm³/mol. The quantitative estimate of drug-likeness (QED) is 0.734. The molecule has 1 N–H and O–H groups in total. The van der Waals surface area contributed by atoms with Crippen LogP contribution in [0, 0.1) is 6.92 Å². The molecule has 0 radical (unpaired) electrons. The highest BCUT2D eigenvalue weighted by Crippen LogP contribution is 2.15. The van der Waals surface area contributed by atoms with E-state index in [9.17, 15) is 0 Å². The van der Waals surface area contributed by atoms with E-state index in [0.29, 0.717) is 0 Å². The van der Waals surface area contributed by atoms with Gasteiger partial charge in [0.1, 0.15) is 5.84 Å². The standard InChI is InChI=1S/C9H12N2S/c1-7-2-3-8(12-7)6-9-10-4-5-11-9/h2-3H,4-6H2,1H3,(H,10,11). The fourth-order valence-corrected chi connectivity index (χ4v) is 2.21. The van der Waals surface area contributed by atoms with Gasteiger partial charge in [0.25, 0.3) is 0 Å². The van der Waals surface area contributed by atoms with Gasteiger partial charge < -0.3 is 5.32 Å². The van der Waals surface area contributed by atoms with Crippen LogP contribution >= 0.6 is 11.3 Å². The summed E-state index contributed by atoms with van der Waals surface area (Å²) in [6, 6.07) is 4.35. The van der Waals surface area contributed by atoms with Crippen LogP contribution in [0.4, 0.5) is 0 Å². The Balaban J connectivity index is 2.03. The minimum Gasteiger partial charge on any atom is -0.372 e. The van der Waals surface area contributed by atoms with E-state index in [1.807, 2.05) is 11.3 Å². The molecule has 0 aromatic carbocycles. The highest BCUT2D eigenvalue weighted by Gasteiger charge is 2.06. The highest BCUT2D eigenvalue weighted by molar-refractivity contribution is 7.12. The summed E-state index contributed by atoms with van der Waals surface area (Å²) < 4.78 is 0. The minimum atomic E-state index is 0.944. The van der Waals surface area contributed by atoms with E-state index < -0.39 is 0 Å². The normalized spacial score (nSPS) is 15.9. The first-order valence-electron chi connectivity index (χ1n) is 4.17. The van der Waals surface area contributed by atoms with Crippen molar-refractivity contribution in [1.82, 2.24) is 5.32 Å². The van der Waals surface area contributed by atoms with Gasteiger partial charge in [-0.1, -0.05) is 0 Å². The first-order chi connectivity index (χ1) is 5.84. The maximum Gasteiger partial charge on any atom is 0.102 e. The SMILES string of the molecule is Cc1ccc(CC2=NCCN2)s1. The lowest BCUT2D eigenvalue weighted by atomic mass is 10.3. The van der Waals surface area contributed by atoms with E-state index in [1.54, 1.807) is 0 Å². The number of rotatable bonds is 2. The topological polar surface area (TPSA) is 24.4 Å². The van der Waals surface area contributed by atoms with E-state index in [4.69, 9.17) is 0 Å². The molecule has 0 saturated carbocycles. The molecule has 0 aliphatic carbocycles. The first-order valence-corrected chi connectivity index (χ1v) is 4.99. The molecule has 2 heterocycles. The molecule has 0 amide bonds. The van der Waals surface area contributed by atoms with Crippen LogP contribution in [0.5, 0.6) is 0 Å². The van der Waals surface area contributed by atoms with Crippen LogP contribution in [0.2, 0.25) is 0 Å². The van der Waals surface area contributed by atoms with Gasteiger partial charge in [0.05, 0.1) is 6.54 Å². The predicted octanol–water partition coefficient (Wildman–Crippen LogP) is 1.60. The van der Waals surface area contributed by atoms with Crippen molar-refractivity contribution in [3.8, 4) is 0 Å². The van der Waals surface area contributed by atoms with E-state index in [0.717, 1.165) is 25.3 Å². The fourth-order valence-electron chi connectivity index (χ4n) is 1.31. The second kappa shape index (κ2) is 3.27. The van der Waals surface area contributed by atoms with Crippen LogP contribution in [0.3, 0.4) is 0 Å². The number of hydrogen-bond donors (Lipinski definition) is 1. The Hall–Kier alpha value is -0.830. The third-order valence-electron chi connectivity index (χ3n) is 1.88. The summed E-state index contributed by atoms with van der Waals surface area (Å²) in [5, 5.41) is 3.27. The summed E-state index contributed by atoms with van der Waals surface area (Å²) in [6.07, 6.45) is 0.985. The van der Waals surface area contributed by atoms with Gasteiger partial charge in [0.2, 0.25) is 0 Å². The zero-order valence-corrected chi connectivity index (χ0v) is 7.95. The molecule has 0 atom stereocenters. The van der Waals surface area contributed by atoms with Gasteiger partial charge >= 0.3 is 0 Å². The van der Waals surface area contributed by atoms with Crippen LogP contribution < -0.4 is 5.32 Å². The minimum absolute atomic E-state index is 0.944. The van der Waals surface area contributed by atoms with Crippen molar-refractivity contribution in [3.05, 3.63) is 21.9 Å². The number of thiophene rings is 1. The van der Waals surface area contributed by atoms with Gasteiger partial charge in [-0.05, 0) is 19.1 Å². The second-order valence-corrected chi connectivity index (χ2v) is 4.32. The van der Waals surface area contributed by atoms with Gasteiger partial charge in [0.15, 0.2) is 0 Å². The molecule has 2 rings (SSSR count). The number of amidine groups is 1. The summed E-state index contributed by atoms with van der Waals surface area (Å²) in [7, 11) is 0. The van der Waals surface area contributed by atoms with E-state index in [1.165, 1.54) is 9.75 Å². The zero-order chi connectivity index (χ0) is 8.39. The molecular formula is C9H12N2S. The molecule has 12 heavy (non-hydrogen) atoms. The zero-order valence-electron chi connectivity index (χ0n) is 7.13. The van der Waals surface area contributed by atoms with Gasteiger partial charge in [-0.2, -0.15) is 0 Å². The van der Waals surface area contributed by atoms with Crippen LogP contribution in [-0.4, -0.2) is 18.9 Å². The van der Waals surface area contributed by atoms with Gasteiger partial charge in [-0.15, -0.1) is 11.3 Å². The van der Waals surface area contributed by atoms with Gasteiger partial charge in [-0.25, -0.2) is 0 Å². The third kappa shape index (κ3) is 1.67. The Morgan fingerprint density at radius 1 is 1.58 bits per heavy atom. The average Bonchev–Trinajstić information content (AvgIpc) is 2.63. The summed E-state index contributed by atoms with van der Waals surface area (Å²) in [6.45, 7) is 4.09. The van der Waals surface area contributed by atoms with Crippen LogP contribution in [0.25, 0.3) is 0 Å². The largest absolute Gasteiger partial charge is 0.372 e. The molecule has 0 fully saturated rings. The lowest BCUT2D eigenvalue weighted by Gasteiger charge is -1.97. The molecule has 3 heteroatoms. The van der Waals surface area contributed by atoms with E-state index >= 15 is 0 Å². The van der Waals surface area contributed by atoms with Crippen molar-refractivity contribution >= 4 is 17.2 Å². The lowest BCUT2D eigenvalue weighted by Crippen LogP contribution is -2.19. The average molecular weight is 180 g/mol. The van der Waals surface area contributed by atoms with Gasteiger partial charge in [-0.3, -0.25) is 4.99 Å².